The van der Waals surface area contributed by atoms with E-state index < -0.39 is 104 Å². The lowest BCUT2D eigenvalue weighted by molar-refractivity contribution is -0.148. The van der Waals surface area contributed by atoms with Gasteiger partial charge in [-0.15, -0.1) is 0 Å². The lowest BCUT2D eigenvalue weighted by atomic mass is 10.0. The zero-order valence-electron chi connectivity index (χ0n) is 22.1. The molecular weight excluding hydrogens is 650 g/mol. The number of nitrogens with one attached hydrogen (secondary N) is 2. The molecule has 1 rings (SSSR count). The van der Waals surface area contributed by atoms with E-state index in [2.05, 4.69) is 0 Å². The van der Waals surface area contributed by atoms with Crippen molar-refractivity contribution < 1.29 is 69.5 Å². The Balaban J connectivity index is 3.50. The van der Waals surface area contributed by atoms with Crippen molar-refractivity contribution in [1.82, 2.24) is 14.3 Å². The highest BCUT2D eigenvalue weighted by Crippen LogP contribution is 2.37. The van der Waals surface area contributed by atoms with Crippen molar-refractivity contribution in [3.63, 3.8) is 0 Å². The fourth-order valence-electron chi connectivity index (χ4n) is 3.40. The fourth-order valence-corrected chi connectivity index (χ4v) is 5.72. The molecule has 0 aromatic heterocycles. The maximum absolute atomic E-state index is 13.3. The van der Waals surface area contributed by atoms with Crippen molar-refractivity contribution in [1.29, 1.82) is 0 Å². The number of alkyl halides is 12. The summed E-state index contributed by atoms with van der Waals surface area (Å²) in [6.45, 7) is 0.916. The van der Waals surface area contributed by atoms with Gasteiger partial charge in [-0.1, -0.05) is 27.7 Å². The Kier molecular flexibility index (Phi) is 11.8. The molecule has 0 spiro atoms. The van der Waals surface area contributed by atoms with E-state index >= 15 is 0 Å². The van der Waals surface area contributed by atoms with Crippen LogP contribution in [-0.4, -0.2) is 65.1 Å². The minimum atomic E-state index is -6.03. The number of benzene rings is 1. The second kappa shape index (κ2) is 13.0. The first-order chi connectivity index (χ1) is 18.5. The zero-order valence-corrected chi connectivity index (χ0v) is 23.7. The largest absolute Gasteiger partial charge is 0.511 e. The van der Waals surface area contributed by atoms with E-state index in [1.807, 2.05) is 0 Å². The summed E-state index contributed by atoms with van der Waals surface area (Å²) in [5.74, 6) is -2.01. The van der Waals surface area contributed by atoms with E-state index in [9.17, 15) is 69.5 Å². The van der Waals surface area contributed by atoms with Crippen molar-refractivity contribution in [2.45, 2.75) is 68.7 Å². The third kappa shape index (κ3) is 11.3. The van der Waals surface area contributed by atoms with Crippen LogP contribution in [0.1, 0.15) is 38.8 Å². The molecule has 0 saturated carbocycles. The molecule has 1 aromatic rings. The Hall–Kier alpha value is -1.84. The van der Waals surface area contributed by atoms with Crippen LogP contribution in [0.2, 0.25) is 0 Å². The van der Waals surface area contributed by atoms with Gasteiger partial charge in [-0.25, -0.2) is 26.3 Å². The highest BCUT2D eigenvalue weighted by molar-refractivity contribution is 7.90. The summed E-state index contributed by atoms with van der Waals surface area (Å²) in [5.41, 5.74) is -9.77. The van der Waals surface area contributed by atoms with E-state index in [1.54, 1.807) is 4.72 Å². The molecule has 2 atom stereocenters. The lowest BCUT2D eigenvalue weighted by Crippen LogP contribution is -2.55. The summed E-state index contributed by atoms with van der Waals surface area (Å²) < 4.78 is 210. The van der Waals surface area contributed by atoms with Crippen LogP contribution in [0.4, 0.5) is 52.7 Å². The molecule has 0 aliphatic carbocycles. The van der Waals surface area contributed by atoms with Gasteiger partial charge < -0.3 is 0 Å². The van der Waals surface area contributed by atoms with Crippen molar-refractivity contribution in [3.05, 3.63) is 29.3 Å². The zero-order chi connectivity index (χ0) is 33.3. The Morgan fingerprint density at radius 1 is 0.667 bits per heavy atom. The minimum Gasteiger partial charge on any atom is -0.292 e. The van der Waals surface area contributed by atoms with Gasteiger partial charge in [0.2, 0.25) is 10.0 Å². The number of rotatable bonds is 12. The molecule has 0 amide bonds. The highest BCUT2D eigenvalue weighted by Gasteiger charge is 2.47. The summed E-state index contributed by atoms with van der Waals surface area (Å²) in [5, 5.41) is 0. The first kappa shape index (κ1) is 38.2. The number of sulfonamides is 2. The van der Waals surface area contributed by atoms with Gasteiger partial charge in [-0.3, -0.25) is 4.90 Å². The molecule has 0 saturated heterocycles. The molecule has 2 N–H and O–H groups in total. The lowest BCUT2D eigenvalue weighted by Gasteiger charge is -2.34. The minimum absolute atomic E-state index is 0.108. The van der Waals surface area contributed by atoms with E-state index in [1.165, 1.54) is 32.4 Å². The summed E-state index contributed by atoms with van der Waals surface area (Å²) in [6.07, 6.45) is -15.9. The van der Waals surface area contributed by atoms with Crippen LogP contribution in [-0.2, 0) is 32.4 Å². The van der Waals surface area contributed by atoms with E-state index in [4.69, 9.17) is 0 Å². The molecule has 21 heteroatoms. The van der Waals surface area contributed by atoms with Crippen LogP contribution in [0.5, 0.6) is 0 Å². The molecule has 0 aliphatic rings. The van der Waals surface area contributed by atoms with Crippen LogP contribution < -0.4 is 9.44 Å². The average molecular weight is 678 g/mol. The van der Waals surface area contributed by atoms with Gasteiger partial charge in [0.05, 0.1) is 22.6 Å². The van der Waals surface area contributed by atoms with Crippen molar-refractivity contribution >= 4 is 20.0 Å². The Labute approximate surface area is 233 Å². The molecule has 0 aliphatic heterocycles. The maximum Gasteiger partial charge on any atom is 0.511 e. The summed E-state index contributed by atoms with van der Waals surface area (Å²) >= 11 is 0. The predicted octanol–water partition coefficient (Wildman–Crippen LogP) is 5.36. The standard InChI is InChI=1S/C21H27F12N3O4S2/c1-11(2)16(34-41(37,38)15-6-13(19(25,26)27)5-14(7-15)20(28,29)30)8-36(10-18(22,23)24)9-17(12(3)4)35-42(39,40)21(31,32)33/h5-7,11-12,16-17,34-35H,8-10H2,1-4H3/t16-,17-/m1/s1. The first-order valence-corrected chi connectivity index (χ1v) is 14.6. The van der Waals surface area contributed by atoms with E-state index in [0.29, 0.717) is 4.90 Å². The van der Waals surface area contributed by atoms with Gasteiger partial charge in [-0.2, -0.15) is 52.7 Å². The van der Waals surface area contributed by atoms with Gasteiger partial charge >= 0.3 is 34.1 Å². The monoisotopic (exact) mass is 677 g/mol. The quantitative estimate of drug-likeness (QED) is 0.291. The average Bonchev–Trinajstić information content (AvgIpc) is 2.74. The Morgan fingerprint density at radius 3 is 1.36 bits per heavy atom. The molecule has 0 bridgehead atoms. The maximum atomic E-state index is 13.3. The number of nitrogens with zero attached hydrogens (tertiary/aromatic N) is 1. The fraction of sp³-hybridized carbons (Fsp3) is 0.714. The van der Waals surface area contributed by atoms with Gasteiger partial charge in [0.1, 0.15) is 0 Å². The van der Waals surface area contributed by atoms with Crippen LogP contribution >= 0.6 is 0 Å². The van der Waals surface area contributed by atoms with E-state index in [0.717, 1.165) is 0 Å². The number of hydrogen-bond acceptors (Lipinski definition) is 5. The molecule has 0 radical (unpaired) electrons. The van der Waals surface area contributed by atoms with Gasteiger partial charge in [0.25, 0.3) is 0 Å². The van der Waals surface area contributed by atoms with Crippen molar-refractivity contribution in [3.8, 4) is 0 Å². The topological polar surface area (TPSA) is 95.6 Å². The van der Waals surface area contributed by atoms with Gasteiger partial charge in [0, 0.05) is 25.2 Å². The van der Waals surface area contributed by atoms with Crippen LogP contribution in [0.25, 0.3) is 0 Å². The van der Waals surface area contributed by atoms with E-state index in [-0.39, 0.29) is 18.2 Å². The second-order valence-corrected chi connectivity index (χ2v) is 13.4. The molecule has 0 fully saturated rings. The normalized spacial score (nSPS) is 16.0. The Morgan fingerprint density at radius 2 is 1.05 bits per heavy atom. The summed E-state index contributed by atoms with van der Waals surface area (Å²) in [6, 6.07) is -4.00. The smallest absolute Gasteiger partial charge is 0.292 e. The summed E-state index contributed by atoms with van der Waals surface area (Å²) in [7, 11) is -11.3. The molecule has 1 aromatic carbocycles. The molecule has 0 heterocycles. The molecule has 0 unspecified atom stereocenters. The second-order valence-electron chi connectivity index (χ2n) is 9.94. The van der Waals surface area contributed by atoms with Gasteiger partial charge in [-0.05, 0) is 30.0 Å². The predicted molar refractivity (Wildman–Crippen MR) is 125 cm³/mol. The summed E-state index contributed by atoms with van der Waals surface area (Å²) in [4.78, 5) is -1.14. The third-order valence-electron chi connectivity index (χ3n) is 5.71. The highest BCUT2D eigenvalue weighted by atomic mass is 32.2. The van der Waals surface area contributed by atoms with Crippen LogP contribution in [0.3, 0.4) is 0 Å². The molecule has 7 nitrogen and oxygen atoms in total. The number of halogens is 12. The van der Waals surface area contributed by atoms with Crippen LogP contribution in [0, 0.1) is 11.8 Å². The van der Waals surface area contributed by atoms with Crippen molar-refractivity contribution in [2.24, 2.45) is 11.8 Å². The number of hydrogen-bond donors (Lipinski definition) is 2. The molecular formula is C21H27F12N3O4S2. The Bertz CT molecular complexity index is 1240. The third-order valence-corrected chi connectivity index (χ3v) is 8.40. The van der Waals surface area contributed by atoms with Crippen molar-refractivity contribution in [2.75, 3.05) is 19.6 Å². The SMILES string of the molecule is CC(C)[C@@H](CN(C[C@@H](NS(=O)(=O)C(F)(F)F)C(C)C)CC(F)(F)F)NS(=O)(=O)c1cc(C(F)(F)F)cc(C(F)(F)F)c1. The molecule has 246 valence electrons. The molecule has 42 heavy (non-hydrogen) atoms. The van der Waals surface area contributed by atoms with Crippen LogP contribution in [0.15, 0.2) is 23.1 Å². The first-order valence-electron chi connectivity index (χ1n) is 11.7. The van der Waals surface area contributed by atoms with Gasteiger partial charge in [0.15, 0.2) is 0 Å².